The molecule has 1 aliphatic heterocycles. The van der Waals surface area contributed by atoms with E-state index >= 15 is 0 Å². The number of piperidine rings is 1. The maximum absolute atomic E-state index is 12.7. The van der Waals surface area contributed by atoms with Crippen molar-refractivity contribution in [2.24, 2.45) is 5.92 Å². The van der Waals surface area contributed by atoms with Crippen LogP contribution >= 0.6 is 0 Å². The van der Waals surface area contributed by atoms with Gasteiger partial charge in [0.1, 0.15) is 0 Å². The standard InChI is InChI=1S/C15H28N2O4S/c1-3-21-15(18)13-9-11-17(12-10-13)22(19,20)16(2)14-7-5-4-6-8-14/h13-14H,3-12H2,1-2H3. The molecule has 0 spiro atoms. The zero-order valence-electron chi connectivity index (χ0n) is 13.7. The molecule has 0 aromatic carbocycles. The summed E-state index contributed by atoms with van der Waals surface area (Å²) in [5, 5.41) is 0. The number of nitrogens with zero attached hydrogens (tertiary/aromatic N) is 2. The molecule has 1 saturated carbocycles. The fourth-order valence-corrected chi connectivity index (χ4v) is 5.02. The average Bonchev–Trinajstić information content (AvgIpc) is 2.55. The maximum atomic E-state index is 12.7. The van der Waals surface area contributed by atoms with Gasteiger partial charge < -0.3 is 4.74 Å². The minimum Gasteiger partial charge on any atom is -0.466 e. The number of ether oxygens (including phenoxy) is 1. The molecule has 7 heteroatoms. The Labute approximate surface area is 134 Å². The Hall–Kier alpha value is -0.660. The molecule has 2 fully saturated rings. The van der Waals surface area contributed by atoms with Crippen molar-refractivity contribution in [2.45, 2.75) is 57.9 Å². The van der Waals surface area contributed by atoms with Gasteiger partial charge in [-0.15, -0.1) is 0 Å². The molecule has 0 N–H and O–H groups in total. The summed E-state index contributed by atoms with van der Waals surface area (Å²) < 4.78 is 33.6. The van der Waals surface area contributed by atoms with E-state index in [-0.39, 0.29) is 17.9 Å². The fraction of sp³-hybridized carbons (Fsp3) is 0.933. The van der Waals surface area contributed by atoms with Crippen LogP contribution in [0.3, 0.4) is 0 Å². The number of hydrogen-bond acceptors (Lipinski definition) is 4. The molecule has 0 atom stereocenters. The molecular formula is C15H28N2O4S. The molecule has 1 saturated heterocycles. The van der Waals surface area contributed by atoms with Crippen molar-refractivity contribution in [3.8, 4) is 0 Å². The molecule has 0 bridgehead atoms. The highest BCUT2D eigenvalue weighted by molar-refractivity contribution is 7.86. The van der Waals surface area contributed by atoms with Crippen LogP contribution in [-0.2, 0) is 19.7 Å². The largest absolute Gasteiger partial charge is 0.466 e. The summed E-state index contributed by atoms with van der Waals surface area (Å²) in [5.74, 6) is -0.355. The minimum atomic E-state index is -3.41. The second kappa shape index (κ2) is 7.75. The predicted molar refractivity (Wildman–Crippen MR) is 84.5 cm³/mol. The molecule has 1 aliphatic carbocycles. The van der Waals surface area contributed by atoms with Crippen LogP contribution in [0.2, 0.25) is 0 Å². The number of carbonyl (C=O) groups excluding carboxylic acids is 1. The third-order valence-corrected chi connectivity index (χ3v) is 6.90. The van der Waals surface area contributed by atoms with E-state index in [9.17, 15) is 13.2 Å². The lowest BCUT2D eigenvalue weighted by Gasteiger charge is -2.37. The molecule has 128 valence electrons. The molecule has 0 aromatic rings. The highest BCUT2D eigenvalue weighted by Crippen LogP contribution is 2.27. The van der Waals surface area contributed by atoms with Crippen LogP contribution < -0.4 is 0 Å². The summed E-state index contributed by atoms with van der Waals surface area (Å²) in [5.41, 5.74) is 0. The minimum absolute atomic E-state index is 0.126. The summed E-state index contributed by atoms with van der Waals surface area (Å²) >= 11 is 0. The lowest BCUT2D eigenvalue weighted by Crippen LogP contribution is -2.50. The van der Waals surface area contributed by atoms with E-state index in [1.165, 1.54) is 10.7 Å². The van der Waals surface area contributed by atoms with Crippen LogP contribution in [0.25, 0.3) is 0 Å². The Morgan fingerprint density at radius 3 is 2.27 bits per heavy atom. The Kier molecular flexibility index (Phi) is 6.23. The van der Waals surface area contributed by atoms with Gasteiger partial charge >= 0.3 is 5.97 Å². The van der Waals surface area contributed by atoms with Crippen molar-refractivity contribution in [1.29, 1.82) is 0 Å². The predicted octanol–water partition coefficient (Wildman–Crippen LogP) is 1.77. The normalized spacial score (nSPS) is 22.9. The van der Waals surface area contributed by atoms with Gasteiger partial charge in [0.05, 0.1) is 12.5 Å². The van der Waals surface area contributed by atoms with Crippen molar-refractivity contribution < 1.29 is 17.9 Å². The van der Waals surface area contributed by atoms with E-state index in [0.717, 1.165) is 25.7 Å². The van der Waals surface area contributed by atoms with Crippen LogP contribution in [0.5, 0.6) is 0 Å². The van der Waals surface area contributed by atoms with Crippen molar-refractivity contribution in [3.63, 3.8) is 0 Å². The summed E-state index contributed by atoms with van der Waals surface area (Å²) in [6.07, 6.45) is 6.43. The monoisotopic (exact) mass is 332 g/mol. The molecule has 0 aromatic heterocycles. The lowest BCUT2D eigenvalue weighted by atomic mass is 9.96. The molecule has 0 radical (unpaired) electrons. The highest BCUT2D eigenvalue weighted by Gasteiger charge is 2.36. The third-order valence-electron chi connectivity index (χ3n) is 4.85. The molecule has 2 rings (SSSR count). The van der Waals surface area contributed by atoms with Gasteiger partial charge in [-0.25, -0.2) is 0 Å². The molecule has 6 nitrogen and oxygen atoms in total. The van der Waals surface area contributed by atoms with Gasteiger partial charge in [-0.3, -0.25) is 4.79 Å². The Morgan fingerprint density at radius 2 is 1.73 bits per heavy atom. The van der Waals surface area contributed by atoms with Crippen molar-refractivity contribution >= 4 is 16.2 Å². The van der Waals surface area contributed by atoms with Gasteiger partial charge in [0.2, 0.25) is 0 Å². The number of hydrogen-bond donors (Lipinski definition) is 0. The SMILES string of the molecule is CCOC(=O)C1CCN(S(=O)(=O)N(C)C2CCCCC2)CC1. The number of esters is 1. The van der Waals surface area contributed by atoms with Crippen molar-refractivity contribution in [1.82, 2.24) is 8.61 Å². The topological polar surface area (TPSA) is 66.9 Å². The molecule has 22 heavy (non-hydrogen) atoms. The molecule has 0 amide bonds. The van der Waals surface area contributed by atoms with Gasteiger partial charge in [0.25, 0.3) is 10.2 Å². The van der Waals surface area contributed by atoms with E-state index in [0.29, 0.717) is 32.5 Å². The first-order chi connectivity index (χ1) is 10.5. The first kappa shape index (κ1) is 17.7. The number of rotatable bonds is 5. The van der Waals surface area contributed by atoms with Crippen LogP contribution in [0, 0.1) is 5.92 Å². The second-order valence-electron chi connectivity index (χ2n) is 6.24. The second-order valence-corrected chi connectivity index (χ2v) is 8.23. The smallest absolute Gasteiger partial charge is 0.309 e. The Morgan fingerprint density at radius 1 is 1.14 bits per heavy atom. The highest BCUT2D eigenvalue weighted by atomic mass is 32.2. The van der Waals surface area contributed by atoms with Crippen molar-refractivity contribution in [2.75, 3.05) is 26.7 Å². The maximum Gasteiger partial charge on any atom is 0.309 e. The van der Waals surface area contributed by atoms with Crippen LogP contribution in [0.15, 0.2) is 0 Å². The molecule has 1 heterocycles. The first-order valence-corrected chi connectivity index (χ1v) is 9.76. The average molecular weight is 332 g/mol. The third kappa shape index (κ3) is 4.00. The van der Waals surface area contributed by atoms with E-state index in [1.807, 2.05) is 0 Å². The van der Waals surface area contributed by atoms with Crippen LogP contribution in [0.4, 0.5) is 0 Å². The zero-order valence-corrected chi connectivity index (χ0v) is 14.5. The summed E-state index contributed by atoms with van der Waals surface area (Å²) in [7, 11) is -1.71. The molecule has 0 unspecified atom stereocenters. The lowest BCUT2D eigenvalue weighted by molar-refractivity contribution is -0.149. The summed E-state index contributed by atoms with van der Waals surface area (Å²) in [4.78, 5) is 11.7. The Balaban J connectivity index is 1.92. The van der Waals surface area contributed by atoms with E-state index in [4.69, 9.17) is 4.74 Å². The molecule has 2 aliphatic rings. The van der Waals surface area contributed by atoms with Gasteiger partial charge in [-0.05, 0) is 32.6 Å². The van der Waals surface area contributed by atoms with Crippen molar-refractivity contribution in [3.05, 3.63) is 0 Å². The Bertz CT molecular complexity index is 466. The number of carbonyl (C=O) groups is 1. The van der Waals surface area contributed by atoms with E-state index in [1.54, 1.807) is 18.3 Å². The van der Waals surface area contributed by atoms with Gasteiger partial charge in [0, 0.05) is 26.2 Å². The van der Waals surface area contributed by atoms with Crippen LogP contribution in [0.1, 0.15) is 51.9 Å². The van der Waals surface area contributed by atoms with Gasteiger partial charge in [-0.2, -0.15) is 17.0 Å². The van der Waals surface area contributed by atoms with Gasteiger partial charge in [0.15, 0.2) is 0 Å². The first-order valence-electron chi connectivity index (χ1n) is 8.36. The van der Waals surface area contributed by atoms with E-state index in [2.05, 4.69) is 0 Å². The fourth-order valence-electron chi connectivity index (χ4n) is 3.40. The van der Waals surface area contributed by atoms with E-state index < -0.39 is 10.2 Å². The van der Waals surface area contributed by atoms with Crippen LogP contribution in [-0.4, -0.2) is 55.8 Å². The van der Waals surface area contributed by atoms with Gasteiger partial charge in [-0.1, -0.05) is 19.3 Å². The summed E-state index contributed by atoms with van der Waals surface area (Å²) in [6.45, 7) is 2.98. The summed E-state index contributed by atoms with van der Waals surface area (Å²) in [6, 6.07) is 0.126. The quantitative estimate of drug-likeness (QED) is 0.720. The molecular weight excluding hydrogens is 304 g/mol. The zero-order chi connectivity index (χ0) is 16.2.